The van der Waals surface area contributed by atoms with Crippen LogP contribution in [-0.2, 0) is 0 Å². The molecule has 0 aliphatic rings. The van der Waals surface area contributed by atoms with Gasteiger partial charge >= 0.3 is 0 Å². The van der Waals surface area contributed by atoms with Crippen molar-refractivity contribution in [2.75, 3.05) is 0 Å². The van der Waals surface area contributed by atoms with Crippen LogP contribution in [0.2, 0.25) is 0 Å². The van der Waals surface area contributed by atoms with E-state index in [1.165, 1.54) is 0 Å². The number of phenolic OH excluding ortho intramolecular Hbond substituents is 1. The number of aliphatic hydroxyl groups excluding tert-OH is 1. The van der Waals surface area contributed by atoms with E-state index in [9.17, 15) is 10.2 Å². The molecule has 3 aromatic carbocycles. The smallest absolute Gasteiger partial charge is 0.123 e. The zero-order chi connectivity index (χ0) is 17.1. The molecule has 0 saturated carbocycles. The van der Waals surface area contributed by atoms with Crippen molar-refractivity contribution in [1.29, 1.82) is 0 Å². The van der Waals surface area contributed by atoms with E-state index in [0.29, 0.717) is 14.3 Å². The van der Waals surface area contributed by atoms with E-state index in [1.807, 2.05) is 62.4 Å². The minimum Gasteiger partial charge on any atom is -0.507 e. The lowest BCUT2D eigenvalue weighted by molar-refractivity contribution is 0.221. The fraction of sp³-hybridized carbons (Fsp3) is 0.143. The highest BCUT2D eigenvalue weighted by atomic mass is 31.1. The molecule has 0 amide bonds. The Kier molecular flexibility index (Phi) is 4.99. The molecule has 122 valence electrons. The zero-order valence-electron chi connectivity index (χ0n) is 13.8. The molecule has 3 heteroatoms. The van der Waals surface area contributed by atoms with Crippen LogP contribution in [0.3, 0.4) is 0 Å². The summed E-state index contributed by atoms with van der Waals surface area (Å²) in [6, 6.07) is 21.5. The van der Waals surface area contributed by atoms with Crippen LogP contribution in [0.1, 0.15) is 28.4 Å². The molecule has 2 unspecified atom stereocenters. The standard InChI is InChI=1S/C21H21O2P/c1-14-9-11-19(24-20-13-15(2)8-10-18(20)22)17(12-14)21(23)16-6-4-3-5-7-16/h3-13,21-24H,1-2H3. The number of aliphatic hydroxyl groups is 1. The molecular formula is C21H21O2P. The molecule has 0 heterocycles. The summed E-state index contributed by atoms with van der Waals surface area (Å²) in [4.78, 5) is 0. The van der Waals surface area contributed by atoms with Gasteiger partial charge in [-0.1, -0.05) is 74.3 Å². The SMILES string of the molecule is Cc1ccc(O)c(Pc2ccc(C)cc2C(O)c2ccccc2)c1. The van der Waals surface area contributed by atoms with Crippen molar-refractivity contribution in [3.63, 3.8) is 0 Å². The van der Waals surface area contributed by atoms with Crippen LogP contribution in [0.15, 0.2) is 66.7 Å². The molecule has 0 aromatic heterocycles. The Morgan fingerprint density at radius 2 is 1.46 bits per heavy atom. The summed E-state index contributed by atoms with van der Waals surface area (Å²) in [7, 11) is 0.295. The van der Waals surface area contributed by atoms with Crippen molar-refractivity contribution >= 4 is 19.2 Å². The number of hydrogen-bond donors (Lipinski definition) is 2. The number of phenols is 1. The van der Waals surface area contributed by atoms with Crippen LogP contribution >= 0.6 is 8.58 Å². The third-order valence-electron chi connectivity index (χ3n) is 4.04. The highest BCUT2D eigenvalue weighted by Gasteiger charge is 2.16. The van der Waals surface area contributed by atoms with Gasteiger partial charge in [0.2, 0.25) is 0 Å². The molecule has 2 atom stereocenters. The number of aryl methyl sites for hydroxylation is 2. The van der Waals surface area contributed by atoms with Gasteiger partial charge in [-0.15, -0.1) is 0 Å². The molecule has 0 fully saturated rings. The summed E-state index contributed by atoms with van der Waals surface area (Å²) in [6.07, 6.45) is -0.666. The molecule has 0 radical (unpaired) electrons. The Morgan fingerprint density at radius 3 is 2.21 bits per heavy atom. The normalized spacial score (nSPS) is 12.6. The third-order valence-corrected chi connectivity index (χ3v) is 5.43. The third kappa shape index (κ3) is 3.67. The van der Waals surface area contributed by atoms with E-state index in [-0.39, 0.29) is 0 Å². The van der Waals surface area contributed by atoms with E-state index in [4.69, 9.17) is 0 Å². The average molecular weight is 336 g/mol. The van der Waals surface area contributed by atoms with Crippen molar-refractivity contribution in [2.24, 2.45) is 0 Å². The van der Waals surface area contributed by atoms with Gasteiger partial charge in [0.25, 0.3) is 0 Å². The molecule has 24 heavy (non-hydrogen) atoms. The quantitative estimate of drug-likeness (QED) is 0.713. The van der Waals surface area contributed by atoms with Gasteiger partial charge < -0.3 is 10.2 Å². The molecular weight excluding hydrogens is 315 g/mol. The highest BCUT2D eigenvalue weighted by Crippen LogP contribution is 2.27. The van der Waals surface area contributed by atoms with E-state index in [0.717, 1.165) is 32.9 Å². The van der Waals surface area contributed by atoms with Crippen LogP contribution in [0, 0.1) is 13.8 Å². The largest absolute Gasteiger partial charge is 0.507 e. The van der Waals surface area contributed by atoms with Crippen LogP contribution in [0.5, 0.6) is 5.75 Å². The maximum atomic E-state index is 10.8. The van der Waals surface area contributed by atoms with Crippen LogP contribution < -0.4 is 10.6 Å². The predicted octanol–water partition coefficient (Wildman–Crippen LogP) is 3.72. The van der Waals surface area contributed by atoms with Crippen molar-refractivity contribution in [1.82, 2.24) is 0 Å². The molecule has 0 saturated heterocycles. The van der Waals surface area contributed by atoms with E-state index in [1.54, 1.807) is 6.07 Å². The number of rotatable bonds is 4. The number of hydrogen-bond acceptors (Lipinski definition) is 2. The fourth-order valence-electron chi connectivity index (χ4n) is 2.73. The van der Waals surface area contributed by atoms with Crippen molar-refractivity contribution in [3.05, 3.63) is 89.0 Å². The summed E-state index contributed by atoms with van der Waals surface area (Å²) >= 11 is 0. The Bertz CT molecular complexity index is 844. The number of aromatic hydroxyl groups is 1. The second kappa shape index (κ2) is 7.17. The van der Waals surface area contributed by atoms with Crippen LogP contribution in [0.4, 0.5) is 0 Å². The molecule has 0 aliphatic carbocycles. The van der Waals surface area contributed by atoms with Gasteiger partial charge in [0.05, 0.1) is 0 Å². The molecule has 3 rings (SSSR count). The van der Waals surface area contributed by atoms with Gasteiger partial charge in [-0.05, 0) is 42.4 Å². The Hall–Kier alpha value is -2.15. The monoisotopic (exact) mass is 336 g/mol. The second-order valence-electron chi connectivity index (χ2n) is 6.05. The van der Waals surface area contributed by atoms with E-state index >= 15 is 0 Å². The van der Waals surface area contributed by atoms with E-state index in [2.05, 4.69) is 12.1 Å². The van der Waals surface area contributed by atoms with Gasteiger partial charge in [-0.2, -0.15) is 0 Å². The average Bonchev–Trinajstić information content (AvgIpc) is 2.60. The van der Waals surface area contributed by atoms with Crippen LogP contribution in [-0.4, -0.2) is 10.2 Å². The molecule has 2 nitrogen and oxygen atoms in total. The highest BCUT2D eigenvalue weighted by molar-refractivity contribution is 7.55. The first kappa shape index (κ1) is 16.7. The van der Waals surface area contributed by atoms with Gasteiger partial charge in [0.1, 0.15) is 11.9 Å². The lowest BCUT2D eigenvalue weighted by Gasteiger charge is -2.17. The fourth-order valence-corrected chi connectivity index (χ4v) is 4.05. The second-order valence-corrected chi connectivity index (χ2v) is 7.38. The van der Waals surface area contributed by atoms with Gasteiger partial charge in [0, 0.05) is 5.30 Å². The van der Waals surface area contributed by atoms with Crippen molar-refractivity contribution < 1.29 is 10.2 Å². The summed E-state index contributed by atoms with van der Waals surface area (Å²) in [6.45, 7) is 4.04. The minimum absolute atomic E-state index is 0.295. The van der Waals surface area contributed by atoms with E-state index < -0.39 is 6.10 Å². The topological polar surface area (TPSA) is 40.5 Å². The summed E-state index contributed by atoms with van der Waals surface area (Å²) < 4.78 is 0. The maximum absolute atomic E-state index is 10.8. The van der Waals surface area contributed by atoms with Crippen LogP contribution in [0.25, 0.3) is 0 Å². The molecule has 0 spiro atoms. The van der Waals surface area contributed by atoms with Gasteiger partial charge in [0.15, 0.2) is 0 Å². The minimum atomic E-state index is -0.666. The first-order valence-corrected chi connectivity index (χ1v) is 8.95. The van der Waals surface area contributed by atoms with Gasteiger partial charge in [-0.25, -0.2) is 0 Å². The summed E-state index contributed by atoms with van der Waals surface area (Å²) in [5.41, 5.74) is 4.01. The Morgan fingerprint density at radius 1 is 0.792 bits per heavy atom. The first-order valence-electron chi connectivity index (χ1n) is 7.95. The molecule has 0 bridgehead atoms. The van der Waals surface area contributed by atoms with Crippen molar-refractivity contribution in [2.45, 2.75) is 20.0 Å². The molecule has 2 N–H and O–H groups in total. The van der Waals surface area contributed by atoms with Crippen molar-refractivity contribution in [3.8, 4) is 5.75 Å². The maximum Gasteiger partial charge on any atom is 0.123 e. The molecule has 3 aromatic rings. The van der Waals surface area contributed by atoms with Gasteiger partial charge in [-0.3, -0.25) is 0 Å². The first-order chi connectivity index (χ1) is 11.5. The number of benzene rings is 3. The zero-order valence-corrected chi connectivity index (χ0v) is 14.8. The summed E-state index contributed by atoms with van der Waals surface area (Å²) in [5.74, 6) is 0.305. The Labute approximate surface area is 144 Å². The lowest BCUT2D eigenvalue weighted by Crippen LogP contribution is -2.14. The summed E-state index contributed by atoms with van der Waals surface area (Å²) in [5, 5.41) is 22.9. The molecule has 0 aliphatic heterocycles. The predicted molar refractivity (Wildman–Crippen MR) is 102 cm³/mol. The Balaban J connectivity index is 2.01. The lowest BCUT2D eigenvalue weighted by atomic mass is 10.00.